The van der Waals surface area contributed by atoms with Gasteiger partial charge in [0.15, 0.2) is 5.76 Å². The molecule has 2 N–H and O–H groups in total. The van der Waals surface area contributed by atoms with Gasteiger partial charge in [0.2, 0.25) is 0 Å². The Hall–Kier alpha value is -1.01. The number of nitrogens with zero attached hydrogens (tertiary/aromatic N) is 2. The second-order valence-corrected chi connectivity index (χ2v) is 4.07. The fourth-order valence-electron chi connectivity index (χ4n) is 1.28. The third-order valence-corrected chi connectivity index (χ3v) is 2.90. The molecule has 1 saturated heterocycles. The molecule has 2 rings (SSSR count). The lowest BCUT2D eigenvalue weighted by Gasteiger charge is -2.10. The van der Waals surface area contributed by atoms with Crippen molar-refractivity contribution in [1.82, 2.24) is 10.1 Å². The Balaban J connectivity index is 1.99. The van der Waals surface area contributed by atoms with E-state index in [1.807, 2.05) is 0 Å². The molecule has 0 aliphatic carbocycles. The average Bonchev–Trinajstić information content (AvgIpc) is 2.77. The number of aromatic nitrogens is 1. The summed E-state index contributed by atoms with van der Waals surface area (Å²) in [5.41, 5.74) is 6.11. The zero-order valence-electron chi connectivity index (χ0n) is 7.60. The lowest BCUT2D eigenvalue weighted by molar-refractivity contribution is 0.220. The minimum Gasteiger partial charge on any atom is -0.359 e. The van der Waals surface area contributed by atoms with Gasteiger partial charge in [0, 0.05) is 24.9 Å². The molecule has 0 bridgehead atoms. The summed E-state index contributed by atoms with van der Waals surface area (Å²) in [4.78, 5) is 13.0. The third kappa shape index (κ3) is 1.91. The normalized spacial score (nSPS) is 16.6. The highest BCUT2D eigenvalue weighted by molar-refractivity contribution is 8.13. The standard InChI is InChI=1S/C8H11N3O2S/c9-4-6-3-7(13-10-6)5-11-1-2-14-8(11)12/h3H,1-2,4-5,9H2. The summed E-state index contributed by atoms with van der Waals surface area (Å²) in [5, 5.41) is 3.86. The number of hydrogen-bond acceptors (Lipinski definition) is 5. The maximum atomic E-state index is 11.3. The highest BCUT2D eigenvalue weighted by atomic mass is 32.2. The molecule has 6 heteroatoms. The van der Waals surface area contributed by atoms with Gasteiger partial charge in [-0.3, -0.25) is 4.79 Å². The summed E-state index contributed by atoms with van der Waals surface area (Å²) in [6, 6.07) is 1.79. The van der Waals surface area contributed by atoms with Crippen LogP contribution in [0.3, 0.4) is 0 Å². The van der Waals surface area contributed by atoms with Crippen LogP contribution in [0.1, 0.15) is 11.5 Å². The van der Waals surface area contributed by atoms with Crippen molar-refractivity contribution in [2.24, 2.45) is 5.73 Å². The minimum absolute atomic E-state index is 0.107. The molecule has 14 heavy (non-hydrogen) atoms. The molecule has 0 spiro atoms. The molecule has 0 atom stereocenters. The van der Waals surface area contributed by atoms with Crippen molar-refractivity contribution in [2.45, 2.75) is 13.1 Å². The van der Waals surface area contributed by atoms with Gasteiger partial charge in [-0.25, -0.2) is 0 Å². The van der Waals surface area contributed by atoms with E-state index in [1.54, 1.807) is 11.0 Å². The second kappa shape index (κ2) is 4.02. The number of thioether (sulfide) groups is 1. The molecule has 1 fully saturated rings. The Labute approximate surface area is 85.6 Å². The van der Waals surface area contributed by atoms with Crippen LogP contribution in [0.5, 0.6) is 0 Å². The molecule has 1 aliphatic rings. The second-order valence-electron chi connectivity index (χ2n) is 3.02. The van der Waals surface area contributed by atoms with E-state index in [0.29, 0.717) is 18.8 Å². The van der Waals surface area contributed by atoms with Crippen LogP contribution in [0.15, 0.2) is 10.6 Å². The fourth-order valence-corrected chi connectivity index (χ4v) is 2.11. The molecule has 1 aromatic heterocycles. The van der Waals surface area contributed by atoms with E-state index in [4.69, 9.17) is 10.3 Å². The molecule has 1 amide bonds. The first-order chi connectivity index (χ1) is 6.79. The zero-order chi connectivity index (χ0) is 9.97. The van der Waals surface area contributed by atoms with Crippen LogP contribution < -0.4 is 5.73 Å². The van der Waals surface area contributed by atoms with E-state index in [1.165, 1.54) is 11.8 Å². The van der Waals surface area contributed by atoms with Gasteiger partial charge in [-0.1, -0.05) is 16.9 Å². The van der Waals surface area contributed by atoms with Gasteiger partial charge < -0.3 is 15.2 Å². The van der Waals surface area contributed by atoms with Crippen LogP contribution in [0.25, 0.3) is 0 Å². The summed E-state index contributed by atoms with van der Waals surface area (Å²) in [6.07, 6.45) is 0. The Bertz CT molecular complexity index is 339. The number of amides is 1. The lowest BCUT2D eigenvalue weighted by Crippen LogP contribution is -2.22. The van der Waals surface area contributed by atoms with Crippen molar-refractivity contribution in [3.05, 3.63) is 17.5 Å². The van der Waals surface area contributed by atoms with Crippen LogP contribution in [0.2, 0.25) is 0 Å². The minimum atomic E-state index is 0.107. The monoisotopic (exact) mass is 213 g/mol. The van der Waals surface area contributed by atoms with Crippen LogP contribution in [-0.2, 0) is 13.1 Å². The molecule has 0 aromatic carbocycles. The molecular weight excluding hydrogens is 202 g/mol. The van der Waals surface area contributed by atoms with Gasteiger partial charge in [0.1, 0.15) is 0 Å². The van der Waals surface area contributed by atoms with E-state index in [0.717, 1.165) is 18.0 Å². The number of rotatable bonds is 3. The van der Waals surface area contributed by atoms with Crippen molar-refractivity contribution in [1.29, 1.82) is 0 Å². The number of hydrogen-bond donors (Lipinski definition) is 1. The SMILES string of the molecule is NCc1cc(CN2CCSC2=O)on1. The highest BCUT2D eigenvalue weighted by Crippen LogP contribution is 2.19. The van der Waals surface area contributed by atoms with Crippen LogP contribution >= 0.6 is 11.8 Å². The van der Waals surface area contributed by atoms with Crippen LogP contribution in [0, 0.1) is 0 Å². The summed E-state index contributed by atoms with van der Waals surface area (Å²) >= 11 is 1.34. The maximum absolute atomic E-state index is 11.3. The van der Waals surface area contributed by atoms with Crippen molar-refractivity contribution in [3.63, 3.8) is 0 Å². The van der Waals surface area contributed by atoms with E-state index in [-0.39, 0.29) is 5.24 Å². The summed E-state index contributed by atoms with van der Waals surface area (Å²) in [5.74, 6) is 1.55. The Morgan fingerprint density at radius 3 is 3.14 bits per heavy atom. The molecule has 5 nitrogen and oxygen atoms in total. The van der Waals surface area contributed by atoms with Gasteiger partial charge in [0.05, 0.1) is 12.2 Å². The van der Waals surface area contributed by atoms with Gasteiger partial charge in [-0.15, -0.1) is 0 Å². The number of carbonyl (C=O) groups is 1. The van der Waals surface area contributed by atoms with E-state index < -0.39 is 0 Å². The first kappa shape index (κ1) is 9.54. The van der Waals surface area contributed by atoms with Gasteiger partial charge >= 0.3 is 0 Å². The number of carbonyl (C=O) groups excluding carboxylic acids is 1. The molecule has 0 unspecified atom stereocenters. The fraction of sp³-hybridized carbons (Fsp3) is 0.500. The molecule has 1 aliphatic heterocycles. The molecular formula is C8H11N3O2S. The molecule has 0 radical (unpaired) electrons. The van der Waals surface area contributed by atoms with E-state index >= 15 is 0 Å². The van der Waals surface area contributed by atoms with Crippen LogP contribution in [-0.4, -0.2) is 27.6 Å². The largest absolute Gasteiger partial charge is 0.359 e. The highest BCUT2D eigenvalue weighted by Gasteiger charge is 2.22. The number of nitrogens with two attached hydrogens (primary N) is 1. The van der Waals surface area contributed by atoms with Crippen molar-refractivity contribution < 1.29 is 9.32 Å². The summed E-state index contributed by atoms with van der Waals surface area (Å²) < 4.78 is 5.03. The smallest absolute Gasteiger partial charge is 0.282 e. The quantitative estimate of drug-likeness (QED) is 0.804. The average molecular weight is 213 g/mol. The first-order valence-electron chi connectivity index (χ1n) is 4.36. The van der Waals surface area contributed by atoms with E-state index in [9.17, 15) is 4.79 Å². The van der Waals surface area contributed by atoms with Crippen molar-refractivity contribution >= 4 is 17.0 Å². The first-order valence-corrected chi connectivity index (χ1v) is 5.34. The van der Waals surface area contributed by atoms with E-state index in [2.05, 4.69) is 5.16 Å². The van der Waals surface area contributed by atoms with Gasteiger partial charge in [0.25, 0.3) is 5.24 Å². The molecule has 0 saturated carbocycles. The lowest BCUT2D eigenvalue weighted by atomic mass is 10.3. The van der Waals surface area contributed by atoms with Crippen molar-refractivity contribution in [2.75, 3.05) is 12.3 Å². The van der Waals surface area contributed by atoms with Gasteiger partial charge in [-0.05, 0) is 0 Å². The predicted octanol–water partition coefficient (Wildman–Crippen LogP) is 0.802. The molecule has 1 aromatic rings. The summed E-state index contributed by atoms with van der Waals surface area (Å²) in [7, 11) is 0. The Morgan fingerprint density at radius 2 is 2.57 bits per heavy atom. The molecule has 76 valence electrons. The van der Waals surface area contributed by atoms with Crippen LogP contribution in [0.4, 0.5) is 4.79 Å². The predicted molar refractivity (Wildman–Crippen MR) is 52.7 cm³/mol. The van der Waals surface area contributed by atoms with Crippen molar-refractivity contribution in [3.8, 4) is 0 Å². The maximum Gasteiger partial charge on any atom is 0.282 e. The third-order valence-electron chi connectivity index (χ3n) is 2.01. The Kier molecular flexibility index (Phi) is 2.74. The topological polar surface area (TPSA) is 72.4 Å². The Morgan fingerprint density at radius 1 is 1.71 bits per heavy atom. The zero-order valence-corrected chi connectivity index (χ0v) is 8.42. The van der Waals surface area contributed by atoms with Gasteiger partial charge in [-0.2, -0.15) is 0 Å². The summed E-state index contributed by atoms with van der Waals surface area (Å²) in [6.45, 7) is 1.65. The molecule has 2 heterocycles.